The van der Waals surface area contributed by atoms with Crippen molar-refractivity contribution in [3.05, 3.63) is 78.4 Å². The zero-order valence-electron chi connectivity index (χ0n) is 16.2. The van der Waals surface area contributed by atoms with Gasteiger partial charge in [0.25, 0.3) is 12.3 Å². The normalized spacial score (nSPS) is 11.7. The third kappa shape index (κ3) is 5.44. The molecule has 0 saturated heterocycles. The number of hydrogen-bond acceptors (Lipinski definition) is 5. The van der Waals surface area contributed by atoms with Crippen LogP contribution in [0.25, 0.3) is 11.1 Å². The second-order valence-corrected chi connectivity index (χ2v) is 6.65. The monoisotopic (exact) mass is 410 g/mol. The van der Waals surface area contributed by atoms with Crippen LogP contribution in [0.3, 0.4) is 0 Å². The van der Waals surface area contributed by atoms with Crippen molar-refractivity contribution in [2.75, 3.05) is 5.32 Å². The largest absolute Gasteiger partial charge is 0.371 e. The lowest BCUT2D eigenvalue weighted by Gasteiger charge is -2.16. The van der Waals surface area contributed by atoms with Crippen molar-refractivity contribution >= 4 is 17.4 Å². The zero-order valence-corrected chi connectivity index (χ0v) is 16.2. The van der Waals surface area contributed by atoms with Gasteiger partial charge in [-0.1, -0.05) is 12.1 Å². The number of nitrogens with zero attached hydrogens (tertiary/aromatic N) is 2. The molecule has 1 unspecified atom stereocenters. The number of rotatable bonds is 8. The van der Waals surface area contributed by atoms with Crippen molar-refractivity contribution < 1.29 is 18.4 Å². The molecule has 2 N–H and O–H groups in total. The maximum Gasteiger partial charge on any atom is 0.265 e. The van der Waals surface area contributed by atoms with Gasteiger partial charge in [-0.3, -0.25) is 19.6 Å². The Morgan fingerprint density at radius 3 is 2.40 bits per heavy atom. The van der Waals surface area contributed by atoms with Crippen molar-refractivity contribution in [1.29, 1.82) is 0 Å². The molecule has 3 aromatic rings. The molecule has 0 radical (unpaired) electrons. The first-order chi connectivity index (χ1) is 14.4. The van der Waals surface area contributed by atoms with Gasteiger partial charge < -0.3 is 10.6 Å². The number of benzene rings is 1. The van der Waals surface area contributed by atoms with Gasteiger partial charge in [0.05, 0.1) is 5.56 Å². The summed E-state index contributed by atoms with van der Waals surface area (Å²) < 4.78 is 25.9. The van der Waals surface area contributed by atoms with Gasteiger partial charge in [0.2, 0.25) is 0 Å². The lowest BCUT2D eigenvalue weighted by atomic mass is 10.1. The number of Topliss-reactive ketones (excluding diaryl/α,β-unsaturated/α-hetero) is 1. The van der Waals surface area contributed by atoms with Crippen LogP contribution in [0.15, 0.2) is 67.3 Å². The zero-order chi connectivity index (χ0) is 21.5. The second-order valence-electron chi connectivity index (χ2n) is 6.65. The molecular weight excluding hydrogens is 390 g/mol. The number of anilines is 1. The Balaban J connectivity index is 1.67. The van der Waals surface area contributed by atoms with Crippen LogP contribution in [0.1, 0.15) is 22.8 Å². The van der Waals surface area contributed by atoms with Crippen LogP contribution >= 0.6 is 0 Å². The molecular formula is C22H20F2N4O2. The molecule has 0 aliphatic carbocycles. The van der Waals surface area contributed by atoms with Gasteiger partial charge in [0.15, 0.2) is 5.78 Å². The third-order valence-corrected chi connectivity index (χ3v) is 4.40. The molecule has 1 atom stereocenters. The minimum absolute atomic E-state index is 0.233. The molecule has 2 heterocycles. The summed E-state index contributed by atoms with van der Waals surface area (Å²) in [5, 5.41) is 5.36. The molecule has 154 valence electrons. The quantitative estimate of drug-likeness (QED) is 0.592. The van der Waals surface area contributed by atoms with Crippen LogP contribution in [0.2, 0.25) is 0 Å². The molecule has 0 spiro atoms. The molecule has 0 aliphatic rings. The molecule has 8 heteroatoms. The predicted octanol–water partition coefficient (Wildman–Crippen LogP) is 3.71. The van der Waals surface area contributed by atoms with Gasteiger partial charge in [-0.05, 0) is 48.4 Å². The van der Waals surface area contributed by atoms with E-state index in [-0.39, 0.29) is 5.91 Å². The number of hydrogen-bond donors (Lipinski definition) is 2. The van der Waals surface area contributed by atoms with Gasteiger partial charge in [-0.25, -0.2) is 8.78 Å². The number of pyridine rings is 2. The maximum absolute atomic E-state index is 12.9. The molecule has 3 rings (SSSR count). The number of carbonyl (C=O) groups is 2. The summed E-state index contributed by atoms with van der Waals surface area (Å²) in [6.45, 7) is 1.42. The molecule has 1 amide bonds. The number of halogens is 2. The Labute approximate surface area is 172 Å². The molecule has 0 aliphatic heterocycles. The fraction of sp³-hybridized carbons (Fsp3) is 0.182. The van der Waals surface area contributed by atoms with E-state index in [0.717, 1.165) is 23.6 Å². The van der Waals surface area contributed by atoms with E-state index < -0.39 is 18.3 Å². The highest BCUT2D eigenvalue weighted by Gasteiger charge is 2.24. The number of aromatic nitrogens is 2. The average molecular weight is 410 g/mol. The fourth-order valence-electron chi connectivity index (χ4n) is 2.80. The number of ketones is 1. The second kappa shape index (κ2) is 9.69. The number of carbonyl (C=O) groups excluding carboxylic acids is 2. The van der Waals surface area contributed by atoms with Crippen LogP contribution < -0.4 is 10.6 Å². The lowest BCUT2D eigenvalue weighted by molar-refractivity contribution is -0.120. The van der Waals surface area contributed by atoms with Crippen LogP contribution in [-0.4, -0.2) is 34.1 Å². The highest BCUT2D eigenvalue weighted by Crippen LogP contribution is 2.22. The number of amides is 1. The predicted molar refractivity (Wildman–Crippen MR) is 109 cm³/mol. The standard InChI is InChI=1S/C22H20F2N4O2/c1-14(29)20(21(23)24)28-19-6-4-16(5-7-19)18-9-15(10-26-13-18)11-27-22(30)17-3-2-8-25-12-17/h2-10,12-13,20-21,28H,11H2,1H3,(H,27,30). The number of nitrogens with one attached hydrogen (secondary N) is 2. The van der Waals surface area contributed by atoms with E-state index in [2.05, 4.69) is 20.6 Å². The highest BCUT2D eigenvalue weighted by molar-refractivity contribution is 5.93. The maximum atomic E-state index is 12.9. The third-order valence-electron chi connectivity index (χ3n) is 4.40. The Morgan fingerprint density at radius 1 is 1.00 bits per heavy atom. The van der Waals surface area contributed by atoms with E-state index >= 15 is 0 Å². The van der Waals surface area contributed by atoms with Gasteiger partial charge in [-0.15, -0.1) is 0 Å². The Hall–Kier alpha value is -3.68. The molecule has 30 heavy (non-hydrogen) atoms. The summed E-state index contributed by atoms with van der Waals surface area (Å²) in [6, 6.07) is 10.5. The summed E-state index contributed by atoms with van der Waals surface area (Å²) in [5.74, 6) is -0.859. The van der Waals surface area contributed by atoms with Crippen LogP contribution in [0, 0.1) is 0 Å². The molecule has 2 aromatic heterocycles. The first-order valence-corrected chi connectivity index (χ1v) is 9.22. The lowest BCUT2D eigenvalue weighted by Crippen LogP contribution is -2.34. The summed E-state index contributed by atoms with van der Waals surface area (Å²) >= 11 is 0. The van der Waals surface area contributed by atoms with Crippen molar-refractivity contribution in [2.45, 2.75) is 25.9 Å². The van der Waals surface area contributed by atoms with E-state index in [9.17, 15) is 18.4 Å². The van der Waals surface area contributed by atoms with E-state index in [1.165, 1.54) is 6.20 Å². The van der Waals surface area contributed by atoms with E-state index in [0.29, 0.717) is 17.8 Å². The molecule has 0 fully saturated rings. The van der Waals surface area contributed by atoms with Crippen molar-refractivity contribution in [2.24, 2.45) is 0 Å². The van der Waals surface area contributed by atoms with Crippen LogP contribution in [0.5, 0.6) is 0 Å². The van der Waals surface area contributed by atoms with E-state index in [4.69, 9.17) is 0 Å². The fourth-order valence-corrected chi connectivity index (χ4v) is 2.80. The Kier molecular flexibility index (Phi) is 6.79. The first kappa shape index (κ1) is 21.0. The molecule has 0 bridgehead atoms. The minimum Gasteiger partial charge on any atom is -0.371 e. The van der Waals surface area contributed by atoms with Crippen molar-refractivity contribution in [3.8, 4) is 11.1 Å². The minimum atomic E-state index is -2.79. The highest BCUT2D eigenvalue weighted by atomic mass is 19.3. The molecule has 6 nitrogen and oxygen atoms in total. The SMILES string of the molecule is CC(=O)C(Nc1ccc(-c2cncc(CNC(=O)c3cccnc3)c2)cc1)C(F)F. The van der Waals surface area contributed by atoms with Crippen LogP contribution in [-0.2, 0) is 11.3 Å². The van der Waals surface area contributed by atoms with Gasteiger partial charge >= 0.3 is 0 Å². The summed E-state index contributed by atoms with van der Waals surface area (Å²) in [4.78, 5) is 31.6. The van der Waals surface area contributed by atoms with Gasteiger partial charge in [0, 0.05) is 42.6 Å². The Morgan fingerprint density at radius 2 is 1.77 bits per heavy atom. The average Bonchev–Trinajstić information content (AvgIpc) is 2.76. The summed E-state index contributed by atoms with van der Waals surface area (Å²) in [5.41, 5.74) is 3.34. The molecule has 0 saturated carbocycles. The first-order valence-electron chi connectivity index (χ1n) is 9.22. The van der Waals surface area contributed by atoms with Crippen LogP contribution in [0.4, 0.5) is 14.5 Å². The Bertz CT molecular complexity index is 1010. The summed E-state index contributed by atoms with van der Waals surface area (Å²) in [6.07, 6.45) is 3.63. The van der Waals surface area contributed by atoms with Gasteiger partial charge in [-0.2, -0.15) is 0 Å². The smallest absolute Gasteiger partial charge is 0.265 e. The molecule has 1 aromatic carbocycles. The van der Waals surface area contributed by atoms with E-state index in [1.807, 2.05) is 6.07 Å². The topological polar surface area (TPSA) is 84.0 Å². The van der Waals surface area contributed by atoms with Crippen molar-refractivity contribution in [1.82, 2.24) is 15.3 Å². The van der Waals surface area contributed by atoms with Crippen molar-refractivity contribution in [3.63, 3.8) is 0 Å². The number of alkyl halides is 2. The van der Waals surface area contributed by atoms with E-state index in [1.54, 1.807) is 55.0 Å². The summed E-state index contributed by atoms with van der Waals surface area (Å²) in [7, 11) is 0. The van der Waals surface area contributed by atoms with Gasteiger partial charge in [0.1, 0.15) is 6.04 Å².